The summed E-state index contributed by atoms with van der Waals surface area (Å²) in [4.78, 5) is 78.9. The maximum atomic E-state index is 13.1. The molecule has 0 saturated heterocycles. The fraction of sp³-hybridized carbons (Fsp3) is 0.550. The molecule has 0 aliphatic carbocycles. The van der Waals surface area contributed by atoms with E-state index in [9.17, 15) is 33.9 Å². The van der Waals surface area contributed by atoms with Crippen LogP contribution in [0.25, 0.3) is 0 Å². The number of hydrogen-bond acceptors (Lipinski definition) is 9. The molecule has 1 heterocycles. The van der Waals surface area contributed by atoms with Gasteiger partial charge in [-0.1, -0.05) is 0 Å². The average Bonchev–Trinajstić information content (AvgIpc) is 3.31. The van der Waals surface area contributed by atoms with Crippen molar-refractivity contribution in [3.05, 3.63) is 18.2 Å². The summed E-state index contributed by atoms with van der Waals surface area (Å²) in [7, 11) is 0. The third kappa shape index (κ3) is 11.2. The summed E-state index contributed by atoms with van der Waals surface area (Å²) in [5.74, 6) is -5.02. The smallest absolute Gasteiger partial charge is 0.326 e. The third-order valence-electron chi connectivity index (χ3n) is 4.91. The predicted octanol–water partition coefficient (Wildman–Crippen LogP) is -3.29. The van der Waals surface area contributed by atoms with Crippen molar-refractivity contribution in [2.75, 3.05) is 12.0 Å². The molecule has 0 spiro atoms. The number of carboxylic acids is 1. The molecule has 4 atom stereocenters. The second-order valence-corrected chi connectivity index (χ2v) is 8.85. The number of nitrogens with two attached hydrogens (primary N) is 3. The molecule has 1 aromatic heterocycles. The van der Waals surface area contributed by atoms with E-state index < -0.39 is 66.1 Å². The number of thioether (sulfide) groups is 1. The van der Waals surface area contributed by atoms with E-state index in [2.05, 4.69) is 25.9 Å². The summed E-state index contributed by atoms with van der Waals surface area (Å²) >= 11 is 1.50. The highest BCUT2D eigenvalue weighted by Gasteiger charge is 2.31. The monoisotopic (exact) mass is 528 g/mol. The highest BCUT2D eigenvalue weighted by atomic mass is 32.2. The number of rotatable bonds is 17. The molecule has 1 aromatic rings. The molecule has 11 N–H and O–H groups in total. The van der Waals surface area contributed by atoms with Crippen LogP contribution in [0.2, 0.25) is 0 Å². The van der Waals surface area contributed by atoms with Crippen molar-refractivity contribution in [1.29, 1.82) is 0 Å². The first kappa shape index (κ1) is 30.4. The van der Waals surface area contributed by atoms with Crippen LogP contribution in [0.4, 0.5) is 0 Å². The molecule has 1 rings (SSSR count). The molecule has 0 radical (unpaired) electrons. The lowest BCUT2D eigenvalue weighted by molar-refractivity contribution is -0.144. The molecule has 16 heteroatoms. The van der Waals surface area contributed by atoms with Crippen LogP contribution in [0.15, 0.2) is 12.5 Å². The highest BCUT2D eigenvalue weighted by molar-refractivity contribution is 7.98. The van der Waals surface area contributed by atoms with Gasteiger partial charge in [-0.3, -0.25) is 24.0 Å². The van der Waals surface area contributed by atoms with Gasteiger partial charge in [0, 0.05) is 24.7 Å². The quantitative estimate of drug-likeness (QED) is 0.0998. The van der Waals surface area contributed by atoms with Gasteiger partial charge >= 0.3 is 5.97 Å². The van der Waals surface area contributed by atoms with E-state index in [-0.39, 0.29) is 19.3 Å². The Morgan fingerprint density at radius 2 is 1.58 bits per heavy atom. The Morgan fingerprint density at radius 1 is 0.972 bits per heavy atom. The van der Waals surface area contributed by atoms with E-state index in [4.69, 9.17) is 17.2 Å². The van der Waals surface area contributed by atoms with Crippen molar-refractivity contribution >= 4 is 47.3 Å². The number of H-pyrrole nitrogens is 1. The summed E-state index contributed by atoms with van der Waals surface area (Å²) in [5, 5.41) is 16.3. The topological polar surface area (TPSA) is 265 Å². The van der Waals surface area contributed by atoms with Gasteiger partial charge in [-0.25, -0.2) is 9.78 Å². The Bertz CT molecular complexity index is 927. The largest absolute Gasteiger partial charge is 0.480 e. The van der Waals surface area contributed by atoms with Gasteiger partial charge in [-0.15, -0.1) is 0 Å². The number of carbonyl (C=O) groups is 6. The molecule has 15 nitrogen and oxygen atoms in total. The number of imidazole rings is 1. The van der Waals surface area contributed by atoms with Crippen LogP contribution in [0.1, 0.15) is 31.4 Å². The Balaban J connectivity index is 3.07. The number of aromatic nitrogens is 2. The van der Waals surface area contributed by atoms with Gasteiger partial charge in [0.25, 0.3) is 0 Å². The molecule has 0 aromatic carbocycles. The predicted molar refractivity (Wildman–Crippen MR) is 129 cm³/mol. The van der Waals surface area contributed by atoms with Crippen LogP contribution in [0.3, 0.4) is 0 Å². The summed E-state index contributed by atoms with van der Waals surface area (Å²) in [5.41, 5.74) is 16.6. The van der Waals surface area contributed by atoms with Crippen molar-refractivity contribution in [3.8, 4) is 0 Å². The first-order valence-corrected chi connectivity index (χ1v) is 12.3. The van der Waals surface area contributed by atoms with Gasteiger partial charge in [0.05, 0.1) is 18.8 Å². The Hall–Kier alpha value is -3.66. The average molecular weight is 529 g/mol. The van der Waals surface area contributed by atoms with E-state index in [0.29, 0.717) is 17.9 Å². The molecule has 200 valence electrons. The molecule has 5 amide bonds. The van der Waals surface area contributed by atoms with Crippen molar-refractivity contribution in [3.63, 3.8) is 0 Å². The van der Waals surface area contributed by atoms with Crippen LogP contribution in [0, 0.1) is 0 Å². The number of hydrogen-bond donors (Lipinski definition) is 8. The number of nitrogens with zero attached hydrogens (tertiary/aromatic N) is 1. The standard InChI is InChI=1S/C20H32N8O7S/c1-36-5-4-11(21)17(31)27-13(6-10-8-24-9-25-10)19(33)26-12(2-3-15(22)29)18(32)28-14(20(34)35)7-16(23)30/h8-9,11-14H,2-7,21H2,1H3,(H2,22,29)(H2,23,30)(H,24,25)(H,26,33)(H,27,31)(H,28,32)(H,34,35). The number of carboxylic acid groups (broad SMARTS) is 1. The molecular weight excluding hydrogens is 496 g/mol. The fourth-order valence-electron chi connectivity index (χ4n) is 2.98. The van der Waals surface area contributed by atoms with Crippen LogP contribution in [0.5, 0.6) is 0 Å². The van der Waals surface area contributed by atoms with Crippen LogP contribution >= 0.6 is 11.8 Å². The molecule has 36 heavy (non-hydrogen) atoms. The number of aliphatic carboxylic acids is 1. The first-order chi connectivity index (χ1) is 16.9. The zero-order valence-electron chi connectivity index (χ0n) is 19.7. The van der Waals surface area contributed by atoms with Crippen LogP contribution < -0.4 is 33.2 Å². The van der Waals surface area contributed by atoms with Crippen LogP contribution in [-0.4, -0.2) is 86.8 Å². The van der Waals surface area contributed by atoms with Gasteiger partial charge in [0.1, 0.15) is 18.1 Å². The van der Waals surface area contributed by atoms with Gasteiger partial charge in [-0.05, 0) is 24.9 Å². The molecule has 0 fully saturated rings. The lowest BCUT2D eigenvalue weighted by Gasteiger charge is -2.25. The van der Waals surface area contributed by atoms with E-state index >= 15 is 0 Å². The minimum Gasteiger partial charge on any atom is -0.480 e. The van der Waals surface area contributed by atoms with E-state index in [0.717, 1.165) is 0 Å². The van der Waals surface area contributed by atoms with Crippen molar-refractivity contribution < 1.29 is 33.9 Å². The first-order valence-electron chi connectivity index (χ1n) is 10.9. The Kier molecular flexibility index (Phi) is 13.0. The number of aromatic amines is 1. The molecule has 0 aliphatic rings. The maximum Gasteiger partial charge on any atom is 0.326 e. The number of nitrogens with one attached hydrogen (secondary N) is 4. The number of carbonyl (C=O) groups excluding carboxylic acids is 5. The highest BCUT2D eigenvalue weighted by Crippen LogP contribution is 2.06. The van der Waals surface area contributed by atoms with Gasteiger partial charge in [0.2, 0.25) is 29.5 Å². The normalized spacial score (nSPS) is 14.1. The van der Waals surface area contributed by atoms with Crippen LogP contribution in [-0.2, 0) is 35.2 Å². The molecule has 0 aliphatic heterocycles. The molecule has 0 bridgehead atoms. The Labute approximate surface area is 211 Å². The molecule has 0 saturated carbocycles. The van der Waals surface area contributed by atoms with Gasteiger partial charge < -0.3 is 43.2 Å². The Morgan fingerprint density at radius 3 is 2.11 bits per heavy atom. The third-order valence-corrected chi connectivity index (χ3v) is 5.56. The van der Waals surface area contributed by atoms with Gasteiger partial charge in [-0.2, -0.15) is 11.8 Å². The van der Waals surface area contributed by atoms with E-state index in [1.165, 1.54) is 24.3 Å². The zero-order chi connectivity index (χ0) is 27.3. The maximum absolute atomic E-state index is 13.1. The molecule has 4 unspecified atom stereocenters. The second kappa shape index (κ2) is 15.4. The fourth-order valence-corrected chi connectivity index (χ4v) is 3.47. The summed E-state index contributed by atoms with van der Waals surface area (Å²) in [6.07, 6.45) is 3.74. The van der Waals surface area contributed by atoms with E-state index in [1.54, 1.807) is 0 Å². The summed E-state index contributed by atoms with van der Waals surface area (Å²) in [6, 6.07) is -5.14. The number of primary amides is 2. The number of amides is 5. The summed E-state index contributed by atoms with van der Waals surface area (Å²) in [6.45, 7) is 0. The minimum absolute atomic E-state index is 0.0313. The van der Waals surface area contributed by atoms with E-state index in [1.807, 2.05) is 6.26 Å². The lowest BCUT2D eigenvalue weighted by Crippen LogP contribution is -2.58. The van der Waals surface area contributed by atoms with Crippen molar-refractivity contribution in [2.24, 2.45) is 17.2 Å². The molecular formula is C20H32N8O7S. The van der Waals surface area contributed by atoms with Gasteiger partial charge in [0.15, 0.2) is 0 Å². The lowest BCUT2D eigenvalue weighted by atomic mass is 10.1. The van der Waals surface area contributed by atoms with Crippen molar-refractivity contribution in [1.82, 2.24) is 25.9 Å². The SMILES string of the molecule is CSCCC(N)C(=O)NC(Cc1cnc[nH]1)C(=O)NC(CCC(N)=O)C(=O)NC(CC(N)=O)C(=O)O. The van der Waals surface area contributed by atoms with Crippen molar-refractivity contribution in [2.45, 2.75) is 56.3 Å². The summed E-state index contributed by atoms with van der Waals surface area (Å²) < 4.78 is 0. The minimum atomic E-state index is -1.65. The second-order valence-electron chi connectivity index (χ2n) is 7.87. The zero-order valence-corrected chi connectivity index (χ0v) is 20.5.